The number of hydrogen-bond acceptors (Lipinski definition) is 3. The van der Waals surface area contributed by atoms with Crippen molar-refractivity contribution in [3.05, 3.63) is 33.9 Å². The van der Waals surface area contributed by atoms with Gasteiger partial charge >= 0.3 is 0 Å². The summed E-state index contributed by atoms with van der Waals surface area (Å²) in [7, 11) is 0. The van der Waals surface area contributed by atoms with Gasteiger partial charge in [0.15, 0.2) is 0 Å². The van der Waals surface area contributed by atoms with E-state index in [9.17, 15) is 10.1 Å². The molecule has 1 fully saturated rings. The number of anilines is 1. The average Bonchev–Trinajstić information content (AvgIpc) is 2.73. The molecule has 0 unspecified atom stereocenters. The summed E-state index contributed by atoms with van der Waals surface area (Å²) in [4.78, 5) is 10.8. The van der Waals surface area contributed by atoms with Crippen molar-refractivity contribution < 1.29 is 4.92 Å². The highest BCUT2D eigenvalue weighted by Crippen LogP contribution is 2.38. The summed E-state index contributed by atoms with van der Waals surface area (Å²) in [5.41, 5.74) is 1.85. The Hall–Kier alpha value is -1.58. The SMILES string of the molecule is Cc1cccc(NCC2(C)CCCC2)c1[N+](=O)[O-]. The summed E-state index contributed by atoms with van der Waals surface area (Å²) in [5, 5.41) is 14.4. The third kappa shape index (κ3) is 2.63. The minimum atomic E-state index is -0.297. The van der Waals surface area contributed by atoms with Crippen LogP contribution in [0.2, 0.25) is 0 Å². The first-order valence-electron chi connectivity index (χ1n) is 6.50. The van der Waals surface area contributed by atoms with Crippen molar-refractivity contribution in [2.75, 3.05) is 11.9 Å². The second-order valence-electron chi connectivity index (χ2n) is 5.60. The Balaban J connectivity index is 2.14. The molecule has 0 bridgehead atoms. The molecule has 0 aromatic heterocycles. The Bertz CT molecular complexity index is 451. The molecular weight excluding hydrogens is 228 g/mol. The number of nitrogens with zero attached hydrogens (tertiary/aromatic N) is 1. The molecule has 0 saturated heterocycles. The fourth-order valence-corrected chi connectivity index (χ4v) is 2.76. The molecule has 1 saturated carbocycles. The van der Waals surface area contributed by atoms with Crippen LogP contribution in [0.3, 0.4) is 0 Å². The number of nitro groups is 1. The molecule has 4 nitrogen and oxygen atoms in total. The lowest BCUT2D eigenvalue weighted by atomic mass is 9.89. The molecule has 2 rings (SSSR count). The van der Waals surface area contributed by atoms with Crippen LogP contribution >= 0.6 is 0 Å². The lowest BCUT2D eigenvalue weighted by Gasteiger charge is -2.24. The van der Waals surface area contributed by atoms with Crippen LogP contribution in [0.1, 0.15) is 38.2 Å². The van der Waals surface area contributed by atoms with Crippen LogP contribution < -0.4 is 5.32 Å². The van der Waals surface area contributed by atoms with Crippen molar-refractivity contribution in [2.45, 2.75) is 39.5 Å². The van der Waals surface area contributed by atoms with Crippen LogP contribution in [0.5, 0.6) is 0 Å². The molecule has 0 atom stereocenters. The zero-order chi connectivity index (χ0) is 13.2. The minimum absolute atomic E-state index is 0.207. The van der Waals surface area contributed by atoms with Crippen LogP contribution in [0.15, 0.2) is 18.2 Å². The monoisotopic (exact) mass is 248 g/mol. The molecule has 1 N–H and O–H groups in total. The van der Waals surface area contributed by atoms with Crippen LogP contribution in [0.4, 0.5) is 11.4 Å². The van der Waals surface area contributed by atoms with E-state index in [0.717, 1.165) is 6.54 Å². The van der Waals surface area contributed by atoms with Crippen molar-refractivity contribution in [3.63, 3.8) is 0 Å². The maximum Gasteiger partial charge on any atom is 0.295 e. The first-order chi connectivity index (χ1) is 8.52. The van der Waals surface area contributed by atoms with Gasteiger partial charge in [0.2, 0.25) is 0 Å². The molecule has 1 aliphatic rings. The maximum atomic E-state index is 11.1. The molecule has 1 aliphatic carbocycles. The van der Waals surface area contributed by atoms with Gasteiger partial charge in [-0.3, -0.25) is 10.1 Å². The number of hydrogen-bond donors (Lipinski definition) is 1. The van der Waals surface area contributed by atoms with E-state index in [0.29, 0.717) is 11.3 Å². The van der Waals surface area contributed by atoms with Gasteiger partial charge in [-0.05, 0) is 31.2 Å². The van der Waals surface area contributed by atoms with Crippen LogP contribution in [-0.2, 0) is 0 Å². The lowest BCUT2D eigenvalue weighted by molar-refractivity contribution is -0.384. The summed E-state index contributed by atoms with van der Waals surface area (Å²) < 4.78 is 0. The summed E-state index contributed by atoms with van der Waals surface area (Å²) in [5.74, 6) is 0. The zero-order valence-electron chi connectivity index (χ0n) is 11.0. The molecule has 0 heterocycles. The first-order valence-corrected chi connectivity index (χ1v) is 6.50. The van der Waals surface area contributed by atoms with E-state index < -0.39 is 0 Å². The van der Waals surface area contributed by atoms with Gasteiger partial charge in [0.1, 0.15) is 5.69 Å². The van der Waals surface area contributed by atoms with Gasteiger partial charge < -0.3 is 5.32 Å². The smallest absolute Gasteiger partial charge is 0.295 e. The number of rotatable bonds is 4. The number of nitro benzene ring substituents is 1. The molecule has 0 amide bonds. The fourth-order valence-electron chi connectivity index (χ4n) is 2.76. The fraction of sp³-hybridized carbons (Fsp3) is 0.571. The maximum absolute atomic E-state index is 11.1. The normalized spacial score (nSPS) is 17.7. The van der Waals surface area contributed by atoms with Gasteiger partial charge in [0.05, 0.1) is 4.92 Å². The van der Waals surface area contributed by atoms with Gasteiger partial charge in [0.25, 0.3) is 5.69 Å². The van der Waals surface area contributed by atoms with Crippen LogP contribution in [0.25, 0.3) is 0 Å². The molecular formula is C14H20N2O2. The van der Waals surface area contributed by atoms with E-state index in [1.54, 1.807) is 19.1 Å². The van der Waals surface area contributed by atoms with Gasteiger partial charge in [-0.2, -0.15) is 0 Å². The summed E-state index contributed by atoms with van der Waals surface area (Å²) in [6.45, 7) is 4.85. The topological polar surface area (TPSA) is 55.2 Å². The highest BCUT2D eigenvalue weighted by atomic mass is 16.6. The summed E-state index contributed by atoms with van der Waals surface area (Å²) in [6, 6.07) is 5.44. The van der Waals surface area contributed by atoms with Crippen molar-refractivity contribution >= 4 is 11.4 Å². The standard InChI is InChI=1S/C14H20N2O2/c1-11-6-5-7-12(13(11)16(17)18)15-10-14(2)8-3-4-9-14/h5-7,15H,3-4,8-10H2,1-2H3. The summed E-state index contributed by atoms with van der Waals surface area (Å²) in [6.07, 6.45) is 4.96. The lowest BCUT2D eigenvalue weighted by Crippen LogP contribution is -2.23. The molecule has 0 radical (unpaired) electrons. The number of benzene rings is 1. The molecule has 98 valence electrons. The predicted molar refractivity (Wildman–Crippen MR) is 72.9 cm³/mol. The quantitative estimate of drug-likeness (QED) is 0.649. The summed E-state index contributed by atoms with van der Waals surface area (Å²) >= 11 is 0. The third-order valence-electron chi connectivity index (χ3n) is 3.94. The van der Waals surface area contributed by atoms with E-state index in [1.165, 1.54) is 25.7 Å². The molecule has 1 aromatic rings. The molecule has 18 heavy (non-hydrogen) atoms. The van der Waals surface area contributed by atoms with E-state index in [1.807, 2.05) is 6.07 Å². The Kier molecular flexibility index (Phi) is 3.55. The molecule has 0 aliphatic heterocycles. The van der Waals surface area contributed by atoms with Crippen molar-refractivity contribution in [3.8, 4) is 0 Å². The van der Waals surface area contributed by atoms with E-state index >= 15 is 0 Å². The highest BCUT2D eigenvalue weighted by Gasteiger charge is 2.29. The third-order valence-corrected chi connectivity index (χ3v) is 3.94. The van der Waals surface area contributed by atoms with Crippen molar-refractivity contribution in [2.24, 2.45) is 5.41 Å². The van der Waals surface area contributed by atoms with Crippen molar-refractivity contribution in [1.82, 2.24) is 0 Å². The van der Waals surface area contributed by atoms with Crippen LogP contribution in [0, 0.1) is 22.5 Å². The van der Waals surface area contributed by atoms with Gasteiger partial charge in [0, 0.05) is 12.1 Å². The van der Waals surface area contributed by atoms with Crippen molar-refractivity contribution in [1.29, 1.82) is 0 Å². The number of aryl methyl sites for hydroxylation is 1. The van der Waals surface area contributed by atoms with Gasteiger partial charge in [-0.25, -0.2) is 0 Å². The minimum Gasteiger partial charge on any atom is -0.379 e. The number of nitrogens with one attached hydrogen (secondary N) is 1. The molecule has 4 heteroatoms. The predicted octanol–water partition coefficient (Wildman–Crippen LogP) is 3.90. The van der Waals surface area contributed by atoms with E-state index in [-0.39, 0.29) is 16.0 Å². The molecule has 0 spiro atoms. The Morgan fingerprint density at radius 3 is 2.67 bits per heavy atom. The van der Waals surface area contributed by atoms with E-state index in [4.69, 9.17) is 0 Å². The van der Waals surface area contributed by atoms with Gasteiger partial charge in [-0.15, -0.1) is 0 Å². The largest absolute Gasteiger partial charge is 0.379 e. The number of para-hydroxylation sites is 1. The zero-order valence-corrected chi connectivity index (χ0v) is 11.0. The second-order valence-corrected chi connectivity index (χ2v) is 5.60. The van der Waals surface area contributed by atoms with E-state index in [2.05, 4.69) is 12.2 Å². The first kappa shape index (κ1) is 12.9. The van der Waals surface area contributed by atoms with Crippen LogP contribution in [-0.4, -0.2) is 11.5 Å². The molecule has 1 aromatic carbocycles. The Morgan fingerprint density at radius 1 is 1.39 bits per heavy atom. The average molecular weight is 248 g/mol. The Morgan fingerprint density at radius 2 is 2.06 bits per heavy atom. The Labute approximate surface area is 108 Å². The second kappa shape index (κ2) is 4.96. The van der Waals surface area contributed by atoms with Gasteiger partial charge in [-0.1, -0.05) is 31.9 Å². The highest BCUT2D eigenvalue weighted by molar-refractivity contribution is 5.65.